The van der Waals surface area contributed by atoms with Crippen molar-refractivity contribution in [2.45, 2.75) is 25.9 Å². The normalized spacial score (nSPS) is 15.8. The maximum Gasteiger partial charge on any atom is 0.191 e. The summed E-state index contributed by atoms with van der Waals surface area (Å²) in [6.07, 6.45) is 1.06. The first-order valence-electron chi connectivity index (χ1n) is 10.3. The average molecular weight is 540 g/mol. The van der Waals surface area contributed by atoms with E-state index in [1.165, 1.54) is 5.69 Å². The van der Waals surface area contributed by atoms with Gasteiger partial charge in [-0.05, 0) is 25.5 Å². The lowest BCUT2D eigenvalue weighted by molar-refractivity contribution is 0.369. The SMILES string of the molecule is CCNC(=NCc1c(OC)cc(OC)cc1OC)NC1CCN(c2ccccc2)C1.I. The van der Waals surface area contributed by atoms with Crippen LogP contribution in [-0.2, 0) is 6.54 Å². The molecule has 31 heavy (non-hydrogen) atoms. The second-order valence-corrected chi connectivity index (χ2v) is 7.12. The van der Waals surface area contributed by atoms with Gasteiger partial charge < -0.3 is 29.7 Å². The van der Waals surface area contributed by atoms with E-state index in [-0.39, 0.29) is 24.0 Å². The molecule has 1 atom stereocenters. The van der Waals surface area contributed by atoms with Crippen molar-refractivity contribution in [3.8, 4) is 17.2 Å². The number of rotatable bonds is 8. The fraction of sp³-hybridized carbons (Fsp3) is 0.435. The standard InChI is InChI=1S/C23H32N4O3.HI/c1-5-24-23(26-17-11-12-27(16-17)18-9-7-6-8-10-18)25-15-20-21(29-3)13-19(28-2)14-22(20)30-4;/h6-10,13-14,17H,5,11-12,15-16H2,1-4H3,(H2,24,25,26);1H. The zero-order valence-electron chi connectivity index (χ0n) is 18.7. The minimum Gasteiger partial charge on any atom is -0.496 e. The number of methoxy groups -OCH3 is 3. The number of guanidine groups is 1. The highest BCUT2D eigenvalue weighted by Crippen LogP contribution is 2.34. The molecule has 0 aliphatic carbocycles. The third kappa shape index (κ3) is 6.56. The maximum absolute atomic E-state index is 5.54. The molecule has 0 saturated carbocycles. The van der Waals surface area contributed by atoms with Crippen molar-refractivity contribution in [3.05, 3.63) is 48.0 Å². The smallest absolute Gasteiger partial charge is 0.191 e. The van der Waals surface area contributed by atoms with Gasteiger partial charge in [0.15, 0.2) is 5.96 Å². The van der Waals surface area contributed by atoms with E-state index in [0.29, 0.717) is 29.8 Å². The molecular formula is C23H33IN4O3. The Labute approximate surface area is 202 Å². The van der Waals surface area contributed by atoms with Gasteiger partial charge in [-0.25, -0.2) is 4.99 Å². The largest absolute Gasteiger partial charge is 0.496 e. The van der Waals surface area contributed by atoms with Gasteiger partial charge in [0.05, 0.1) is 33.4 Å². The molecule has 7 nitrogen and oxygen atoms in total. The molecule has 1 fully saturated rings. The predicted molar refractivity (Wildman–Crippen MR) is 137 cm³/mol. The molecule has 170 valence electrons. The van der Waals surface area contributed by atoms with Crippen LogP contribution >= 0.6 is 24.0 Å². The number of aliphatic imine (C=N–C) groups is 1. The lowest BCUT2D eigenvalue weighted by Crippen LogP contribution is -2.44. The summed E-state index contributed by atoms with van der Waals surface area (Å²) in [7, 11) is 4.91. The summed E-state index contributed by atoms with van der Waals surface area (Å²) in [6.45, 7) is 5.26. The Kier molecular flexibility index (Phi) is 10.0. The van der Waals surface area contributed by atoms with Crippen molar-refractivity contribution in [3.63, 3.8) is 0 Å². The Morgan fingerprint density at radius 3 is 2.32 bits per heavy atom. The van der Waals surface area contributed by atoms with E-state index < -0.39 is 0 Å². The molecule has 1 unspecified atom stereocenters. The van der Waals surface area contributed by atoms with Crippen LogP contribution in [0.15, 0.2) is 47.5 Å². The predicted octanol–water partition coefficient (Wildman–Crippen LogP) is 3.66. The fourth-order valence-corrected chi connectivity index (χ4v) is 3.66. The summed E-state index contributed by atoms with van der Waals surface area (Å²) in [5.74, 6) is 2.87. The number of nitrogens with one attached hydrogen (secondary N) is 2. The average Bonchev–Trinajstić information content (AvgIpc) is 3.26. The molecule has 2 aromatic carbocycles. The van der Waals surface area contributed by atoms with E-state index in [1.807, 2.05) is 18.2 Å². The highest BCUT2D eigenvalue weighted by Gasteiger charge is 2.23. The Morgan fingerprint density at radius 1 is 1.06 bits per heavy atom. The quantitative estimate of drug-likeness (QED) is 0.303. The van der Waals surface area contributed by atoms with Gasteiger partial charge in [0.1, 0.15) is 17.2 Å². The summed E-state index contributed by atoms with van der Waals surface area (Å²) in [5, 5.41) is 6.92. The second kappa shape index (κ2) is 12.5. The third-order valence-electron chi connectivity index (χ3n) is 5.21. The van der Waals surface area contributed by atoms with Crippen LogP contribution < -0.4 is 29.7 Å². The second-order valence-electron chi connectivity index (χ2n) is 7.12. The van der Waals surface area contributed by atoms with Crippen LogP contribution in [0.4, 0.5) is 5.69 Å². The molecule has 0 aromatic heterocycles. The van der Waals surface area contributed by atoms with E-state index in [9.17, 15) is 0 Å². The van der Waals surface area contributed by atoms with Crippen molar-refractivity contribution in [1.82, 2.24) is 10.6 Å². The highest BCUT2D eigenvalue weighted by molar-refractivity contribution is 14.0. The van der Waals surface area contributed by atoms with E-state index in [0.717, 1.165) is 37.6 Å². The molecule has 1 aliphatic heterocycles. The Balaban J connectivity index is 0.00000341. The van der Waals surface area contributed by atoms with Crippen LogP contribution in [0.25, 0.3) is 0 Å². The van der Waals surface area contributed by atoms with Crippen molar-refractivity contribution in [2.24, 2.45) is 4.99 Å². The summed E-state index contributed by atoms with van der Waals surface area (Å²) >= 11 is 0. The summed E-state index contributed by atoms with van der Waals surface area (Å²) in [4.78, 5) is 7.19. The number of ether oxygens (including phenoxy) is 3. The molecule has 1 heterocycles. The van der Waals surface area contributed by atoms with Gasteiger partial charge in [-0.15, -0.1) is 24.0 Å². The van der Waals surface area contributed by atoms with Gasteiger partial charge in [0.25, 0.3) is 0 Å². The lowest BCUT2D eigenvalue weighted by atomic mass is 10.1. The molecule has 0 amide bonds. The lowest BCUT2D eigenvalue weighted by Gasteiger charge is -2.20. The number of anilines is 1. The van der Waals surface area contributed by atoms with Crippen LogP contribution in [0.2, 0.25) is 0 Å². The summed E-state index contributed by atoms with van der Waals surface area (Å²) < 4.78 is 16.4. The first kappa shape index (κ1) is 24.9. The van der Waals surface area contributed by atoms with Crippen LogP contribution in [0.3, 0.4) is 0 Å². The third-order valence-corrected chi connectivity index (χ3v) is 5.21. The minimum atomic E-state index is 0. The number of benzene rings is 2. The molecule has 8 heteroatoms. The minimum absolute atomic E-state index is 0. The Morgan fingerprint density at radius 2 is 1.74 bits per heavy atom. The Hall–Kier alpha value is -2.36. The fourth-order valence-electron chi connectivity index (χ4n) is 3.66. The number of para-hydroxylation sites is 1. The van der Waals surface area contributed by atoms with E-state index >= 15 is 0 Å². The van der Waals surface area contributed by atoms with Crippen molar-refractivity contribution in [2.75, 3.05) is 45.9 Å². The molecule has 1 saturated heterocycles. The van der Waals surface area contributed by atoms with Crippen molar-refractivity contribution >= 4 is 35.6 Å². The van der Waals surface area contributed by atoms with E-state index in [1.54, 1.807) is 21.3 Å². The number of hydrogen-bond donors (Lipinski definition) is 2. The van der Waals surface area contributed by atoms with Gasteiger partial charge in [-0.1, -0.05) is 18.2 Å². The van der Waals surface area contributed by atoms with Crippen LogP contribution in [0, 0.1) is 0 Å². The summed E-state index contributed by atoms with van der Waals surface area (Å²) in [6, 6.07) is 14.6. The molecule has 0 radical (unpaired) electrons. The molecule has 2 N–H and O–H groups in total. The van der Waals surface area contributed by atoms with E-state index in [4.69, 9.17) is 19.2 Å². The molecule has 0 bridgehead atoms. The van der Waals surface area contributed by atoms with Crippen LogP contribution in [0.1, 0.15) is 18.9 Å². The van der Waals surface area contributed by atoms with Crippen LogP contribution in [-0.4, -0.2) is 53.0 Å². The topological polar surface area (TPSA) is 67.4 Å². The van der Waals surface area contributed by atoms with E-state index in [2.05, 4.69) is 46.7 Å². The highest BCUT2D eigenvalue weighted by atomic mass is 127. The Bertz CT molecular complexity index is 823. The number of nitrogens with zero attached hydrogens (tertiary/aromatic N) is 2. The first-order valence-corrected chi connectivity index (χ1v) is 10.3. The van der Waals surface area contributed by atoms with Gasteiger partial charge in [-0.3, -0.25) is 0 Å². The molecule has 1 aliphatic rings. The zero-order chi connectivity index (χ0) is 21.3. The number of halogens is 1. The van der Waals surface area contributed by atoms with Crippen molar-refractivity contribution < 1.29 is 14.2 Å². The molecular weight excluding hydrogens is 507 g/mol. The monoisotopic (exact) mass is 540 g/mol. The summed E-state index contributed by atoms with van der Waals surface area (Å²) in [5.41, 5.74) is 2.15. The number of hydrogen-bond acceptors (Lipinski definition) is 5. The maximum atomic E-state index is 5.54. The van der Waals surface area contributed by atoms with Gasteiger partial charge in [0, 0.05) is 43.5 Å². The van der Waals surface area contributed by atoms with Gasteiger partial charge >= 0.3 is 0 Å². The van der Waals surface area contributed by atoms with Crippen LogP contribution in [0.5, 0.6) is 17.2 Å². The molecule has 3 rings (SSSR count). The molecule has 2 aromatic rings. The zero-order valence-corrected chi connectivity index (χ0v) is 21.0. The van der Waals surface area contributed by atoms with Gasteiger partial charge in [-0.2, -0.15) is 0 Å². The first-order chi connectivity index (χ1) is 14.7. The van der Waals surface area contributed by atoms with Gasteiger partial charge in [0.2, 0.25) is 0 Å². The van der Waals surface area contributed by atoms with Crippen molar-refractivity contribution in [1.29, 1.82) is 0 Å². The molecule has 0 spiro atoms.